The van der Waals surface area contributed by atoms with Crippen LogP contribution >= 0.6 is 11.3 Å². The Morgan fingerprint density at radius 2 is 2.12 bits per heavy atom. The summed E-state index contributed by atoms with van der Waals surface area (Å²) in [5.41, 5.74) is 1.06. The fourth-order valence-corrected chi connectivity index (χ4v) is 4.93. The number of hydrogen-bond acceptors (Lipinski definition) is 5. The number of nitrogens with zero attached hydrogens (tertiary/aromatic N) is 1. The van der Waals surface area contributed by atoms with Crippen LogP contribution in [0.4, 0.5) is 0 Å². The van der Waals surface area contributed by atoms with Gasteiger partial charge in [-0.25, -0.2) is 4.98 Å². The second kappa shape index (κ2) is 7.18. The topological polar surface area (TPSA) is 43.4 Å². The standard InChI is InChI=1S/C20H24N2O2S/c1-23-16-5-6-17(18(9-16)24-2)19-11-22-20(25-19)12-21-10-15-8-13-3-4-14(15)7-13/h3-6,9,11,13-15,21H,7-8,10,12H2,1-2H3. The maximum atomic E-state index is 5.51. The lowest BCUT2D eigenvalue weighted by molar-refractivity contribution is 0.395. The van der Waals surface area contributed by atoms with Crippen molar-refractivity contribution in [3.05, 3.63) is 41.6 Å². The molecule has 0 aliphatic heterocycles. The minimum Gasteiger partial charge on any atom is -0.497 e. The van der Waals surface area contributed by atoms with Gasteiger partial charge >= 0.3 is 0 Å². The van der Waals surface area contributed by atoms with Crippen molar-refractivity contribution in [2.24, 2.45) is 17.8 Å². The Kier molecular flexibility index (Phi) is 4.77. The molecule has 2 aliphatic carbocycles. The molecule has 1 fully saturated rings. The summed E-state index contributed by atoms with van der Waals surface area (Å²) in [4.78, 5) is 5.70. The van der Waals surface area contributed by atoms with Gasteiger partial charge in [-0.05, 0) is 49.3 Å². The van der Waals surface area contributed by atoms with Gasteiger partial charge in [-0.3, -0.25) is 0 Å². The predicted molar refractivity (Wildman–Crippen MR) is 101 cm³/mol. The van der Waals surface area contributed by atoms with Crippen molar-refractivity contribution in [3.63, 3.8) is 0 Å². The highest BCUT2D eigenvalue weighted by atomic mass is 32.1. The average Bonchev–Trinajstić information content (AvgIpc) is 3.38. The van der Waals surface area contributed by atoms with Gasteiger partial charge < -0.3 is 14.8 Å². The number of ether oxygens (including phenoxy) is 2. The minimum atomic E-state index is 0.798. The third kappa shape index (κ3) is 3.44. The van der Waals surface area contributed by atoms with Crippen LogP contribution in [0.5, 0.6) is 11.5 Å². The molecule has 1 aromatic carbocycles. The Hall–Kier alpha value is -1.85. The lowest BCUT2D eigenvalue weighted by Crippen LogP contribution is -2.24. The van der Waals surface area contributed by atoms with Gasteiger partial charge in [0.15, 0.2) is 0 Å². The number of aromatic nitrogens is 1. The highest BCUT2D eigenvalue weighted by Crippen LogP contribution is 2.43. The maximum absolute atomic E-state index is 5.51. The van der Waals surface area contributed by atoms with Gasteiger partial charge in [0.2, 0.25) is 0 Å². The molecular formula is C20H24N2O2S. The summed E-state index contributed by atoms with van der Waals surface area (Å²) in [5, 5.41) is 4.72. The first-order valence-corrected chi connectivity index (χ1v) is 9.64. The van der Waals surface area contributed by atoms with Gasteiger partial charge in [-0.1, -0.05) is 12.2 Å². The van der Waals surface area contributed by atoms with E-state index >= 15 is 0 Å². The number of methoxy groups -OCH3 is 2. The van der Waals surface area contributed by atoms with E-state index in [1.165, 1.54) is 12.8 Å². The molecule has 132 valence electrons. The third-order valence-corrected chi connectivity index (χ3v) is 6.36. The molecule has 5 heteroatoms. The summed E-state index contributed by atoms with van der Waals surface area (Å²) >= 11 is 1.72. The third-order valence-electron chi connectivity index (χ3n) is 5.33. The quantitative estimate of drug-likeness (QED) is 0.758. The Balaban J connectivity index is 1.38. The minimum absolute atomic E-state index is 0.798. The second-order valence-corrected chi connectivity index (χ2v) is 7.97. The van der Waals surface area contributed by atoms with Crippen LogP contribution in [-0.2, 0) is 6.54 Å². The van der Waals surface area contributed by atoms with E-state index in [4.69, 9.17) is 9.47 Å². The number of benzene rings is 1. The van der Waals surface area contributed by atoms with E-state index in [-0.39, 0.29) is 0 Å². The Labute approximate surface area is 152 Å². The number of hydrogen-bond donors (Lipinski definition) is 1. The van der Waals surface area contributed by atoms with Crippen LogP contribution in [-0.4, -0.2) is 25.7 Å². The van der Waals surface area contributed by atoms with E-state index in [2.05, 4.69) is 22.5 Å². The van der Waals surface area contributed by atoms with Gasteiger partial charge in [0.05, 0.1) is 19.1 Å². The summed E-state index contributed by atoms with van der Waals surface area (Å²) in [6.07, 6.45) is 9.46. The van der Waals surface area contributed by atoms with E-state index < -0.39 is 0 Å². The first kappa shape index (κ1) is 16.6. The Bertz CT molecular complexity index is 771. The fraction of sp³-hybridized carbons (Fsp3) is 0.450. The van der Waals surface area contributed by atoms with E-state index in [1.54, 1.807) is 25.6 Å². The van der Waals surface area contributed by atoms with Crippen molar-refractivity contribution in [2.75, 3.05) is 20.8 Å². The summed E-state index contributed by atoms with van der Waals surface area (Å²) in [7, 11) is 3.35. The first-order chi connectivity index (χ1) is 12.3. The molecule has 2 bridgehead atoms. The van der Waals surface area contributed by atoms with Crippen molar-refractivity contribution >= 4 is 11.3 Å². The molecule has 2 aliphatic rings. The highest BCUT2D eigenvalue weighted by Gasteiger charge is 2.34. The van der Waals surface area contributed by atoms with E-state index in [9.17, 15) is 0 Å². The highest BCUT2D eigenvalue weighted by molar-refractivity contribution is 7.15. The van der Waals surface area contributed by atoms with Crippen LogP contribution in [0.2, 0.25) is 0 Å². The average molecular weight is 356 g/mol. The molecule has 0 spiro atoms. The molecular weight excluding hydrogens is 332 g/mol. The van der Waals surface area contributed by atoms with Crippen molar-refractivity contribution in [2.45, 2.75) is 19.4 Å². The fourth-order valence-electron chi connectivity index (χ4n) is 4.01. The number of nitrogens with one attached hydrogen (secondary N) is 1. The summed E-state index contributed by atoms with van der Waals surface area (Å²) in [6.45, 7) is 1.92. The molecule has 3 unspecified atom stereocenters. The number of fused-ring (bicyclic) bond motifs is 2. The van der Waals surface area contributed by atoms with Crippen molar-refractivity contribution in [1.29, 1.82) is 0 Å². The van der Waals surface area contributed by atoms with Crippen LogP contribution in [0, 0.1) is 17.8 Å². The lowest BCUT2D eigenvalue weighted by Gasteiger charge is -2.18. The van der Waals surface area contributed by atoms with Crippen molar-refractivity contribution < 1.29 is 9.47 Å². The first-order valence-electron chi connectivity index (χ1n) is 8.83. The summed E-state index contributed by atoms with van der Waals surface area (Å²) < 4.78 is 10.8. The summed E-state index contributed by atoms with van der Waals surface area (Å²) in [5.74, 6) is 4.05. The van der Waals surface area contributed by atoms with Crippen LogP contribution in [0.15, 0.2) is 36.5 Å². The summed E-state index contributed by atoms with van der Waals surface area (Å²) in [6, 6.07) is 5.90. The number of allylic oxidation sites excluding steroid dienone is 2. The molecule has 1 aromatic heterocycles. The SMILES string of the molecule is COc1ccc(-c2cnc(CNCC3CC4C=CC3C4)s2)c(OC)c1. The van der Waals surface area contributed by atoms with Crippen LogP contribution < -0.4 is 14.8 Å². The number of thiazole rings is 1. The Morgan fingerprint density at radius 1 is 1.20 bits per heavy atom. The zero-order valence-electron chi connectivity index (χ0n) is 14.7. The van der Waals surface area contributed by atoms with Crippen LogP contribution in [0.3, 0.4) is 0 Å². The molecule has 0 saturated heterocycles. The molecule has 1 heterocycles. The van der Waals surface area contributed by atoms with E-state index in [1.807, 2.05) is 24.4 Å². The van der Waals surface area contributed by atoms with Crippen LogP contribution in [0.25, 0.3) is 10.4 Å². The van der Waals surface area contributed by atoms with Gasteiger partial charge in [0.25, 0.3) is 0 Å². The largest absolute Gasteiger partial charge is 0.497 e. The predicted octanol–water partition coefficient (Wildman–Crippen LogP) is 4.13. The molecule has 0 radical (unpaired) electrons. The van der Waals surface area contributed by atoms with Gasteiger partial charge in [-0.15, -0.1) is 11.3 Å². The van der Waals surface area contributed by atoms with Gasteiger partial charge in [-0.2, -0.15) is 0 Å². The van der Waals surface area contributed by atoms with Crippen LogP contribution in [0.1, 0.15) is 17.8 Å². The maximum Gasteiger partial charge on any atom is 0.131 e. The lowest BCUT2D eigenvalue weighted by atomic mass is 9.94. The molecule has 25 heavy (non-hydrogen) atoms. The van der Waals surface area contributed by atoms with Crippen molar-refractivity contribution in [3.8, 4) is 21.9 Å². The second-order valence-electron chi connectivity index (χ2n) is 6.86. The van der Waals surface area contributed by atoms with E-state index in [0.29, 0.717) is 0 Å². The van der Waals surface area contributed by atoms with Crippen molar-refractivity contribution in [1.82, 2.24) is 10.3 Å². The molecule has 4 rings (SSSR count). The molecule has 1 saturated carbocycles. The smallest absolute Gasteiger partial charge is 0.131 e. The molecule has 2 aromatic rings. The molecule has 0 amide bonds. The monoisotopic (exact) mass is 356 g/mol. The van der Waals surface area contributed by atoms with Gasteiger partial charge in [0, 0.05) is 24.4 Å². The zero-order valence-corrected chi connectivity index (χ0v) is 15.5. The van der Waals surface area contributed by atoms with Gasteiger partial charge in [0.1, 0.15) is 16.5 Å². The number of rotatable bonds is 7. The normalized spacial score (nSPS) is 24.0. The Morgan fingerprint density at radius 3 is 2.84 bits per heavy atom. The molecule has 3 atom stereocenters. The molecule has 1 N–H and O–H groups in total. The molecule has 4 nitrogen and oxygen atoms in total. The van der Waals surface area contributed by atoms with E-state index in [0.717, 1.165) is 57.8 Å². The zero-order chi connectivity index (χ0) is 17.2.